The molecule has 8 nitrogen and oxygen atoms in total. The number of sulfonamides is 1. The van der Waals surface area contributed by atoms with Crippen LogP contribution in [0.25, 0.3) is 0 Å². The monoisotopic (exact) mass is 316 g/mol. The van der Waals surface area contributed by atoms with Crippen LogP contribution in [-0.2, 0) is 14.8 Å². The van der Waals surface area contributed by atoms with Gasteiger partial charge in [-0.2, -0.15) is 4.72 Å². The molecule has 1 atom stereocenters. The number of nitro groups is 1. The first-order chi connectivity index (χ1) is 9.69. The molecule has 1 aromatic carbocycles. The molecule has 116 valence electrons. The van der Waals surface area contributed by atoms with Crippen LogP contribution in [0.4, 0.5) is 5.69 Å². The summed E-state index contributed by atoms with van der Waals surface area (Å²) >= 11 is 0. The smallest absolute Gasteiger partial charge is 0.321 e. The summed E-state index contributed by atoms with van der Waals surface area (Å²) in [5.41, 5.74) is -0.0115. The zero-order valence-electron chi connectivity index (χ0n) is 11.6. The second kappa shape index (κ2) is 6.64. The van der Waals surface area contributed by atoms with Crippen molar-refractivity contribution in [1.29, 1.82) is 0 Å². The van der Waals surface area contributed by atoms with E-state index in [1.54, 1.807) is 6.92 Å². The Labute approximate surface area is 122 Å². The highest BCUT2D eigenvalue weighted by Gasteiger charge is 2.26. The lowest BCUT2D eigenvalue weighted by Gasteiger charge is -2.14. The summed E-state index contributed by atoms with van der Waals surface area (Å²) in [5, 5.41) is 19.8. The first-order valence-corrected chi connectivity index (χ1v) is 7.67. The topological polar surface area (TPSA) is 127 Å². The molecule has 0 fully saturated rings. The molecule has 0 radical (unpaired) electrons. The average molecular weight is 316 g/mol. The second-order valence-electron chi connectivity index (χ2n) is 4.51. The van der Waals surface area contributed by atoms with E-state index in [1.165, 1.54) is 19.1 Å². The molecule has 0 aliphatic rings. The number of carbonyl (C=O) groups is 1. The Hall–Kier alpha value is -2.00. The van der Waals surface area contributed by atoms with E-state index in [2.05, 4.69) is 0 Å². The molecule has 0 aliphatic carbocycles. The first-order valence-electron chi connectivity index (χ1n) is 6.19. The van der Waals surface area contributed by atoms with Crippen LogP contribution in [-0.4, -0.2) is 30.5 Å². The molecule has 9 heteroatoms. The van der Waals surface area contributed by atoms with Crippen molar-refractivity contribution in [3.63, 3.8) is 0 Å². The first kappa shape index (κ1) is 17.1. The van der Waals surface area contributed by atoms with Crippen molar-refractivity contribution in [2.45, 2.75) is 37.6 Å². The van der Waals surface area contributed by atoms with Gasteiger partial charge in [0.25, 0.3) is 5.69 Å². The van der Waals surface area contributed by atoms with Crippen molar-refractivity contribution in [3.05, 3.63) is 33.9 Å². The molecule has 0 heterocycles. The van der Waals surface area contributed by atoms with Crippen LogP contribution in [0.2, 0.25) is 0 Å². The minimum absolute atomic E-state index is 0.127. The van der Waals surface area contributed by atoms with Gasteiger partial charge in [-0.05, 0) is 19.4 Å². The van der Waals surface area contributed by atoms with Crippen molar-refractivity contribution in [3.8, 4) is 0 Å². The van der Waals surface area contributed by atoms with E-state index in [-0.39, 0.29) is 17.0 Å². The number of aryl methyl sites for hydroxylation is 1. The Balaban J connectivity index is 3.16. The summed E-state index contributed by atoms with van der Waals surface area (Å²) in [6.45, 7) is 3.21. The van der Waals surface area contributed by atoms with E-state index in [4.69, 9.17) is 5.11 Å². The van der Waals surface area contributed by atoms with Gasteiger partial charge in [-0.1, -0.05) is 19.4 Å². The highest BCUT2D eigenvalue weighted by Crippen LogP contribution is 2.22. The number of benzene rings is 1. The lowest BCUT2D eigenvalue weighted by molar-refractivity contribution is -0.385. The number of nitro benzene ring substituents is 1. The number of carboxylic acid groups (broad SMARTS) is 1. The number of nitrogens with zero attached hydrogens (tertiary/aromatic N) is 1. The standard InChI is InChI=1S/C12H16N2O6S/c1-3-4-10(12(15)16)13-21(19,20)9-6-5-8(2)11(7-9)14(17)18/h5-7,10,13H,3-4H2,1-2H3,(H,15,16)/t10-/m0/s1. The predicted molar refractivity (Wildman–Crippen MR) is 74.5 cm³/mol. The van der Waals surface area contributed by atoms with E-state index in [9.17, 15) is 23.3 Å². The summed E-state index contributed by atoms with van der Waals surface area (Å²) in [5.74, 6) is -1.29. The molecular formula is C12H16N2O6S. The highest BCUT2D eigenvalue weighted by atomic mass is 32.2. The van der Waals surface area contributed by atoms with Gasteiger partial charge in [-0.15, -0.1) is 0 Å². The van der Waals surface area contributed by atoms with Gasteiger partial charge in [0, 0.05) is 11.6 Å². The zero-order valence-corrected chi connectivity index (χ0v) is 12.4. The van der Waals surface area contributed by atoms with E-state index in [0.29, 0.717) is 12.0 Å². The Morgan fingerprint density at radius 1 is 1.48 bits per heavy atom. The fourth-order valence-electron chi connectivity index (χ4n) is 1.73. The molecular weight excluding hydrogens is 300 g/mol. The number of aliphatic carboxylic acids is 1. The van der Waals surface area contributed by atoms with Crippen molar-refractivity contribution >= 4 is 21.7 Å². The molecule has 0 saturated carbocycles. The quantitative estimate of drug-likeness (QED) is 0.579. The van der Waals surface area contributed by atoms with E-state index < -0.39 is 27.0 Å². The molecule has 1 aromatic rings. The highest BCUT2D eigenvalue weighted by molar-refractivity contribution is 7.89. The fourth-order valence-corrected chi connectivity index (χ4v) is 2.97. The van der Waals surface area contributed by atoms with Crippen LogP contribution in [0, 0.1) is 17.0 Å². The van der Waals surface area contributed by atoms with Gasteiger partial charge in [-0.25, -0.2) is 8.42 Å². The van der Waals surface area contributed by atoms with Crippen LogP contribution in [0.3, 0.4) is 0 Å². The fraction of sp³-hybridized carbons (Fsp3) is 0.417. The molecule has 0 aromatic heterocycles. The molecule has 0 amide bonds. The second-order valence-corrected chi connectivity index (χ2v) is 6.22. The number of hydrogen-bond donors (Lipinski definition) is 2. The Morgan fingerprint density at radius 2 is 2.10 bits per heavy atom. The van der Waals surface area contributed by atoms with Crippen molar-refractivity contribution in [2.24, 2.45) is 0 Å². The van der Waals surface area contributed by atoms with Crippen LogP contribution >= 0.6 is 0 Å². The van der Waals surface area contributed by atoms with Gasteiger partial charge < -0.3 is 5.11 Å². The maximum Gasteiger partial charge on any atom is 0.321 e. The average Bonchev–Trinajstić information content (AvgIpc) is 2.37. The van der Waals surface area contributed by atoms with Crippen LogP contribution in [0.15, 0.2) is 23.1 Å². The summed E-state index contributed by atoms with van der Waals surface area (Å²) in [7, 11) is -4.13. The van der Waals surface area contributed by atoms with Crippen LogP contribution < -0.4 is 4.72 Å². The van der Waals surface area contributed by atoms with Crippen LogP contribution in [0.5, 0.6) is 0 Å². The van der Waals surface area contributed by atoms with Crippen molar-refractivity contribution < 1.29 is 23.2 Å². The third-order valence-corrected chi connectivity index (χ3v) is 4.33. The van der Waals surface area contributed by atoms with E-state index in [1.807, 2.05) is 4.72 Å². The van der Waals surface area contributed by atoms with Crippen molar-refractivity contribution in [2.75, 3.05) is 0 Å². The zero-order chi connectivity index (χ0) is 16.2. The molecule has 0 aliphatic heterocycles. The summed E-state index contributed by atoms with van der Waals surface area (Å²) in [4.78, 5) is 20.8. The van der Waals surface area contributed by atoms with Gasteiger partial charge in [-0.3, -0.25) is 14.9 Å². The van der Waals surface area contributed by atoms with E-state index in [0.717, 1.165) is 6.07 Å². The SMILES string of the molecule is CCC[C@H](NS(=O)(=O)c1ccc(C)c([N+](=O)[O-])c1)C(=O)O. The minimum atomic E-state index is -4.13. The normalized spacial score (nSPS) is 12.9. The number of hydrogen-bond acceptors (Lipinski definition) is 5. The molecule has 1 rings (SSSR count). The van der Waals surface area contributed by atoms with Gasteiger partial charge in [0.1, 0.15) is 6.04 Å². The molecule has 2 N–H and O–H groups in total. The van der Waals surface area contributed by atoms with Crippen LogP contribution in [0.1, 0.15) is 25.3 Å². The predicted octanol–water partition coefficient (Wildman–Crippen LogP) is 1.43. The third-order valence-electron chi connectivity index (χ3n) is 2.86. The number of nitrogens with one attached hydrogen (secondary N) is 1. The maximum absolute atomic E-state index is 12.1. The Morgan fingerprint density at radius 3 is 2.57 bits per heavy atom. The van der Waals surface area contributed by atoms with E-state index >= 15 is 0 Å². The molecule has 0 spiro atoms. The Kier molecular flexibility index (Phi) is 5.39. The van der Waals surface area contributed by atoms with Gasteiger partial charge in [0.2, 0.25) is 10.0 Å². The largest absolute Gasteiger partial charge is 0.480 e. The Bertz CT molecular complexity index is 656. The molecule has 0 bridgehead atoms. The van der Waals surface area contributed by atoms with Gasteiger partial charge >= 0.3 is 5.97 Å². The molecule has 0 saturated heterocycles. The van der Waals surface area contributed by atoms with Gasteiger partial charge in [0.15, 0.2) is 0 Å². The summed E-state index contributed by atoms with van der Waals surface area (Å²) < 4.78 is 26.3. The number of carboxylic acids is 1. The lowest BCUT2D eigenvalue weighted by atomic mass is 10.2. The summed E-state index contributed by atoms with van der Waals surface area (Å²) in [6, 6.07) is 2.17. The van der Waals surface area contributed by atoms with Crippen molar-refractivity contribution in [1.82, 2.24) is 4.72 Å². The number of rotatable bonds is 7. The van der Waals surface area contributed by atoms with Gasteiger partial charge in [0.05, 0.1) is 9.82 Å². The minimum Gasteiger partial charge on any atom is -0.480 e. The maximum atomic E-state index is 12.1. The molecule has 0 unspecified atom stereocenters. The lowest BCUT2D eigenvalue weighted by Crippen LogP contribution is -2.40. The summed E-state index contributed by atoms with van der Waals surface area (Å²) in [6.07, 6.45) is 0.607. The molecule has 21 heavy (non-hydrogen) atoms. The third kappa shape index (κ3) is 4.23.